The van der Waals surface area contributed by atoms with Crippen LogP contribution in [0, 0.1) is 6.92 Å². The highest BCUT2D eigenvalue weighted by atomic mass is 32.2. The second-order valence-corrected chi connectivity index (χ2v) is 4.45. The number of aryl methyl sites for hydroxylation is 2. The predicted octanol–water partition coefficient (Wildman–Crippen LogP) is 1.39. The molecule has 0 aliphatic heterocycles. The fourth-order valence-corrected chi connectivity index (χ4v) is 2.33. The van der Waals surface area contributed by atoms with Crippen LogP contribution in [-0.2, 0) is 12.8 Å². The monoisotopic (exact) mass is 229 g/mol. The third kappa shape index (κ3) is 3.14. The molecule has 0 unspecified atom stereocenters. The number of rotatable bonds is 6. The van der Waals surface area contributed by atoms with E-state index in [1.165, 1.54) is 5.56 Å². The van der Waals surface area contributed by atoms with Crippen molar-refractivity contribution in [1.82, 2.24) is 9.78 Å². The summed E-state index contributed by atoms with van der Waals surface area (Å²) in [6.45, 7) is 5.24. The average molecular weight is 229 g/mol. The minimum absolute atomic E-state index is 0.237. The van der Waals surface area contributed by atoms with Gasteiger partial charge in [0.2, 0.25) is 0 Å². The number of aliphatic hydroxyl groups is 1. The molecule has 0 bridgehead atoms. The van der Waals surface area contributed by atoms with Gasteiger partial charge >= 0.3 is 0 Å². The zero-order chi connectivity index (χ0) is 11.3. The summed E-state index contributed by atoms with van der Waals surface area (Å²) in [6.07, 6.45) is 0. The molecular formula is C10H19N3OS. The summed E-state index contributed by atoms with van der Waals surface area (Å²) < 4.78 is 1.88. The summed E-state index contributed by atoms with van der Waals surface area (Å²) >= 11 is 1.73. The van der Waals surface area contributed by atoms with E-state index < -0.39 is 0 Å². The first-order chi connectivity index (χ1) is 7.20. The van der Waals surface area contributed by atoms with Gasteiger partial charge in [0.25, 0.3) is 0 Å². The minimum atomic E-state index is 0.237. The van der Waals surface area contributed by atoms with E-state index in [0.717, 1.165) is 29.6 Å². The molecule has 0 spiro atoms. The van der Waals surface area contributed by atoms with E-state index in [2.05, 4.69) is 17.3 Å². The molecule has 0 aliphatic rings. The molecule has 0 saturated carbocycles. The largest absolute Gasteiger partial charge is 0.396 e. The third-order valence-corrected chi connectivity index (χ3v) is 3.14. The van der Waals surface area contributed by atoms with Gasteiger partial charge < -0.3 is 10.4 Å². The highest BCUT2D eigenvalue weighted by molar-refractivity contribution is 7.98. The lowest BCUT2D eigenvalue weighted by atomic mass is 10.3. The summed E-state index contributed by atoms with van der Waals surface area (Å²) in [5.41, 5.74) is 2.32. The first-order valence-electron chi connectivity index (χ1n) is 5.15. The molecule has 1 aromatic rings. The number of hydrogen-bond donors (Lipinski definition) is 2. The maximum absolute atomic E-state index is 8.73. The Hall–Kier alpha value is -0.680. The van der Waals surface area contributed by atoms with Crippen molar-refractivity contribution in [2.24, 2.45) is 7.05 Å². The van der Waals surface area contributed by atoms with E-state index in [1.807, 2.05) is 18.7 Å². The van der Waals surface area contributed by atoms with E-state index >= 15 is 0 Å². The van der Waals surface area contributed by atoms with Crippen molar-refractivity contribution in [3.05, 3.63) is 11.3 Å². The van der Waals surface area contributed by atoms with E-state index in [4.69, 9.17) is 5.11 Å². The van der Waals surface area contributed by atoms with Gasteiger partial charge in [0, 0.05) is 30.7 Å². The van der Waals surface area contributed by atoms with Crippen molar-refractivity contribution >= 4 is 17.6 Å². The number of aliphatic hydroxyl groups excluding tert-OH is 1. The second-order valence-electron chi connectivity index (χ2n) is 3.34. The van der Waals surface area contributed by atoms with Crippen molar-refractivity contribution in [2.45, 2.75) is 19.6 Å². The Morgan fingerprint density at radius 1 is 1.53 bits per heavy atom. The van der Waals surface area contributed by atoms with Crippen LogP contribution in [0.5, 0.6) is 0 Å². The minimum Gasteiger partial charge on any atom is -0.396 e. The lowest BCUT2D eigenvalue weighted by Gasteiger charge is -2.07. The van der Waals surface area contributed by atoms with Gasteiger partial charge in [0.1, 0.15) is 5.82 Å². The molecule has 0 fully saturated rings. The van der Waals surface area contributed by atoms with Crippen molar-refractivity contribution in [1.29, 1.82) is 0 Å². The fourth-order valence-electron chi connectivity index (χ4n) is 1.50. The van der Waals surface area contributed by atoms with Crippen LogP contribution in [0.4, 0.5) is 5.82 Å². The van der Waals surface area contributed by atoms with Gasteiger partial charge in [0.05, 0.1) is 12.3 Å². The maximum atomic E-state index is 8.73. The van der Waals surface area contributed by atoms with Gasteiger partial charge in [0.15, 0.2) is 0 Å². The Morgan fingerprint density at radius 2 is 2.27 bits per heavy atom. The SMILES string of the molecule is CCNc1c(CSCCO)c(C)nn1C. The molecule has 0 radical (unpaired) electrons. The molecule has 5 heteroatoms. The van der Waals surface area contributed by atoms with Crippen LogP contribution in [0.25, 0.3) is 0 Å². The van der Waals surface area contributed by atoms with Crippen molar-refractivity contribution in [2.75, 3.05) is 24.2 Å². The summed E-state index contributed by atoms with van der Waals surface area (Å²) in [5, 5.41) is 16.4. The standard InChI is InChI=1S/C10H19N3OS/c1-4-11-10-9(7-15-6-5-14)8(2)12-13(10)3/h11,14H,4-7H2,1-3H3. The molecule has 1 aromatic heterocycles. The van der Waals surface area contributed by atoms with Crippen LogP contribution in [0.15, 0.2) is 0 Å². The first-order valence-corrected chi connectivity index (χ1v) is 6.31. The topological polar surface area (TPSA) is 50.1 Å². The molecule has 0 amide bonds. The summed E-state index contributed by atoms with van der Waals surface area (Å²) in [4.78, 5) is 0. The second kappa shape index (κ2) is 6.02. The summed E-state index contributed by atoms with van der Waals surface area (Å²) in [6, 6.07) is 0. The average Bonchev–Trinajstić information content (AvgIpc) is 2.45. The molecule has 86 valence electrons. The van der Waals surface area contributed by atoms with Crippen molar-refractivity contribution in [3.8, 4) is 0 Å². The van der Waals surface area contributed by atoms with Gasteiger partial charge in [-0.1, -0.05) is 0 Å². The van der Waals surface area contributed by atoms with Crippen LogP contribution in [0.3, 0.4) is 0 Å². The van der Waals surface area contributed by atoms with Crippen LogP contribution >= 0.6 is 11.8 Å². The maximum Gasteiger partial charge on any atom is 0.128 e. The molecule has 1 rings (SSSR count). The number of hydrogen-bond acceptors (Lipinski definition) is 4. The van der Waals surface area contributed by atoms with Gasteiger partial charge in [-0.2, -0.15) is 16.9 Å². The van der Waals surface area contributed by atoms with Gasteiger partial charge in [-0.05, 0) is 13.8 Å². The number of nitrogens with zero attached hydrogens (tertiary/aromatic N) is 2. The predicted molar refractivity (Wildman–Crippen MR) is 65.4 cm³/mol. The van der Waals surface area contributed by atoms with Crippen LogP contribution < -0.4 is 5.32 Å². The normalized spacial score (nSPS) is 10.7. The molecule has 1 heterocycles. The number of nitrogens with one attached hydrogen (secondary N) is 1. The Labute approximate surface area is 95.1 Å². The molecule has 0 aromatic carbocycles. The molecule has 4 nitrogen and oxygen atoms in total. The molecule has 0 atom stereocenters. The highest BCUT2D eigenvalue weighted by Gasteiger charge is 2.11. The summed E-state index contributed by atoms with van der Waals surface area (Å²) in [7, 11) is 1.95. The third-order valence-electron chi connectivity index (χ3n) is 2.17. The lowest BCUT2D eigenvalue weighted by Crippen LogP contribution is -2.05. The van der Waals surface area contributed by atoms with E-state index in [1.54, 1.807) is 11.8 Å². The van der Waals surface area contributed by atoms with Gasteiger partial charge in [-0.3, -0.25) is 4.68 Å². The van der Waals surface area contributed by atoms with Crippen molar-refractivity contribution in [3.63, 3.8) is 0 Å². The van der Waals surface area contributed by atoms with E-state index in [9.17, 15) is 0 Å². The Kier molecular flexibility index (Phi) is 4.98. The first kappa shape index (κ1) is 12.4. The molecule has 15 heavy (non-hydrogen) atoms. The highest BCUT2D eigenvalue weighted by Crippen LogP contribution is 2.23. The summed E-state index contributed by atoms with van der Waals surface area (Å²) in [5.74, 6) is 2.78. The van der Waals surface area contributed by atoms with Crippen LogP contribution in [-0.4, -0.2) is 33.8 Å². The Bertz CT molecular complexity index is 312. The van der Waals surface area contributed by atoms with Gasteiger partial charge in [-0.25, -0.2) is 0 Å². The quantitative estimate of drug-likeness (QED) is 0.724. The van der Waals surface area contributed by atoms with E-state index in [0.29, 0.717) is 0 Å². The van der Waals surface area contributed by atoms with Crippen molar-refractivity contribution < 1.29 is 5.11 Å². The molecular weight excluding hydrogens is 210 g/mol. The zero-order valence-electron chi connectivity index (χ0n) is 9.58. The molecule has 0 aliphatic carbocycles. The number of anilines is 1. The number of aromatic nitrogens is 2. The van der Waals surface area contributed by atoms with E-state index in [-0.39, 0.29) is 6.61 Å². The lowest BCUT2D eigenvalue weighted by molar-refractivity contribution is 0.322. The Balaban J connectivity index is 2.74. The van der Waals surface area contributed by atoms with Crippen LogP contribution in [0.1, 0.15) is 18.2 Å². The Morgan fingerprint density at radius 3 is 2.87 bits per heavy atom. The zero-order valence-corrected chi connectivity index (χ0v) is 10.4. The smallest absolute Gasteiger partial charge is 0.128 e. The van der Waals surface area contributed by atoms with Gasteiger partial charge in [-0.15, -0.1) is 0 Å². The number of thioether (sulfide) groups is 1. The fraction of sp³-hybridized carbons (Fsp3) is 0.700. The molecule has 0 saturated heterocycles. The molecule has 2 N–H and O–H groups in total. The van der Waals surface area contributed by atoms with Crippen LogP contribution in [0.2, 0.25) is 0 Å².